The van der Waals surface area contributed by atoms with Crippen molar-refractivity contribution in [2.24, 2.45) is 17.8 Å². The molecule has 0 saturated heterocycles. The number of carboxylic acid groups (broad SMARTS) is 1. The van der Waals surface area contributed by atoms with Gasteiger partial charge in [0.25, 0.3) is 0 Å². The normalized spacial score (nSPS) is 28.2. The molecule has 6 rings (SSSR count). The van der Waals surface area contributed by atoms with Crippen LogP contribution in [0.3, 0.4) is 0 Å². The van der Waals surface area contributed by atoms with Crippen LogP contribution in [0, 0.1) is 17.8 Å². The van der Waals surface area contributed by atoms with Gasteiger partial charge in [-0.2, -0.15) is 0 Å². The first-order chi connectivity index (χ1) is 16.0. The minimum atomic E-state index is -0.954. The highest BCUT2D eigenvalue weighted by atomic mass is 16.5. The van der Waals surface area contributed by atoms with E-state index >= 15 is 0 Å². The lowest BCUT2D eigenvalue weighted by Gasteiger charge is -2.56. The first kappa shape index (κ1) is 21.8. The molecular formula is C27H32N2O4. The second-order valence-electron chi connectivity index (χ2n) is 10.2. The Hall–Kier alpha value is -3.02. The van der Waals surface area contributed by atoms with Crippen LogP contribution in [0.2, 0.25) is 0 Å². The number of para-hydroxylation sites is 1. The Morgan fingerprint density at radius 3 is 2.12 bits per heavy atom. The molecule has 4 aliphatic carbocycles. The van der Waals surface area contributed by atoms with Gasteiger partial charge in [0.05, 0.1) is 5.56 Å². The minimum absolute atomic E-state index is 0.00850. The van der Waals surface area contributed by atoms with Gasteiger partial charge in [-0.3, -0.25) is 0 Å². The van der Waals surface area contributed by atoms with E-state index in [-0.39, 0.29) is 23.2 Å². The van der Waals surface area contributed by atoms with Crippen LogP contribution in [0.5, 0.6) is 5.75 Å². The molecule has 4 saturated carbocycles. The lowest BCUT2D eigenvalue weighted by molar-refractivity contribution is -0.0135. The molecule has 2 aromatic rings. The molecule has 1 unspecified atom stereocenters. The monoisotopic (exact) mass is 448 g/mol. The Morgan fingerprint density at radius 2 is 1.55 bits per heavy atom. The summed E-state index contributed by atoms with van der Waals surface area (Å²) < 4.78 is 6.20. The Bertz CT molecular complexity index is 954. The predicted molar refractivity (Wildman–Crippen MR) is 125 cm³/mol. The number of urea groups is 1. The van der Waals surface area contributed by atoms with Crippen molar-refractivity contribution in [2.45, 2.75) is 56.6 Å². The van der Waals surface area contributed by atoms with Gasteiger partial charge in [-0.1, -0.05) is 30.3 Å². The van der Waals surface area contributed by atoms with Crippen LogP contribution < -0.4 is 15.4 Å². The predicted octanol–water partition coefficient (Wildman–Crippen LogP) is 5.16. The molecule has 1 atom stereocenters. The summed E-state index contributed by atoms with van der Waals surface area (Å²) in [7, 11) is 0. The van der Waals surface area contributed by atoms with E-state index in [1.807, 2.05) is 30.3 Å². The number of amides is 2. The lowest BCUT2D eigenvalue weighted by atomic mass is 9.53. The highest BCUT2D eigenvalue weighted by Gasteiger charge is 2.51. The van der Waals surface area contributed by atoms with E-state index in [4.69, 9.17) is 4.74 Å². The van der Waals surface area contributed by atoms with Gasteiger partial charge in [-0.15, -0.1) is 0 Å². The zero-order valence-corrected chi connectivity index (χ0v) is 18.8. The van der Waals surface area contributed by atoms with E-state index in [1.165, 1.54) is 19.3 Å². The van der Waals surface area contributed by atoms with E-state index in [1.54, 1.807) is 24.3 Å². The van der Waals surface area contributed by atoms with Crippen molar-refractivity contribution >= 4 is 12.0 Å². The van der Waals surface area contributed by atoms with Crippen LogP contribution in [-0.4, -0.2) is 29.2 Å². The van der Waals surface area contributed by atoms with Crippen molar-refractivity contribution in [1.29, 1.82) is 0 Å². The zero-order chi connectivity index (χ0) is 22.8. The molecule has 2 aromatic carbocycles. The molecule has 0 aromatic heterocycles. The molecule has 3 N–H and O–H groups in total. The Balaban J connectivity index is 1.20. The van der Waals surface area contributed by atoms with Crippen molar-refractivity contribution < 1.29 is 19.4 Å². The number of carbonyl (C=O) groups excluding carboxylic acids is 1. The molecule has 4 aliphatic rings. The van der Waals surface area contributed by atoms with Crippen molar-refractivity contribution in [3.8, 4) is 5.75 Å². The highest BCUT2D eigenvalue weighted by molar-refractivity contribution is 5.87. The second-order valence-corrected chi connectivity index (χ2v) is 10.2. The molecule has 4 fully saturated rings. The third kappa shape index (κ3) is 5.00. The summed E-state index contributed by atoms with van der Waals surface area (Å²) in [6, 6.07) is 16.2. The van der Waals surface area contributed by atoms with E-state index in [2.05, 4.69) is 10.6 Å². The Kier molecular flexibility index (Phi) is 6.00. The van der Waals surface area contributed by atoms with Gasteiger partial charge in [0.15, 0.2) is 0 Å². The molecule has 33 heavy (non-hydrogen) atoms. The summed E-state index contributed by atoms with van der Waals surface area (Å²) in [5, 5.41) is 15.6. The number of hydrogen-bond donors (Lipinski definition) is 3. The van der Waals surface area contributed by atoms with Gasteiger partial charge < -0.3 is 20.5 Å². The quantitative estimate of drug-likeness (QED) is 0.520. The van der Waals surface area contributed by atoms with Crippen LogP contribution in [-0.2, 0) is 0 Å². The van der Waals surface area contributed by atoms with E-state index in [0.29, 0.717) is 13.0 Å². The number of hydrogen-bond acceptors (Lipinski definition) is 3. The van der Waals surface area contributed by atoms with Crippen molar-refractivity contribution in [1.82, 2.24) is 10.6 Å². The number of aromatic carboxylic acids is 1. The van der Waals surface area contributed by atoms with Crippen LogP contribution in [0.4, 0.5) is 4.79 Å². The smallest absolute Gasteiger partial charge is 0.335 e. The Morgan fingerprint density at radius 1 is 0.939 bits per heavy atom. The summed E-state index contributed by atoms with van der Waals surface area (Å²) in [6.45, 7) is 0.469. The Labute approximate surface area is 194 Å². The van der Waals surface area contributed by atoms with Crippen LogP contribution in [0.25, 0.3) is 0 Å². The molecule has 4 bridgehead atoms. The minimum Gasteiger partial charge on any atom is -0.486 e. The summed E-state index contributed by atoms with van der Waals surface area (Å²) in [6.07, 6.45) is 7.71. The maximum atomic E-state index is 12.8. The van der Waals surface area contributed by atoms with Crippen LogP contribution >= 0.6 is 0 Å². The molecular weight excluding hydrogens is 416 g/mol. The fourth-order valence-corrected chi connectivity index (χ4v) is 6.66. The molecule has 6 nitrogen and oxygen atoms in total. The molecule has 0 spiro atoms. The van der Waals surface area contributed by atoms with Gasteiger partial charge in [0.1, 0.15) is 11.9 Å². The van der Waals surface area contributed by atoms with Crippen molar-refractivity contribution in [3.05, 3.63) is 65.7 Å². The van der Waals surface area contributed by atoms with Crippen molar-refractivity contribution in [2.75, 3.05) is 6.54 Å². The fourth-order valence-electron chi connectivity index (χ4n) is 6.66. The number of benzene rings is 2. The third-order valence-electron chi connectivity index (χ3n) is 7.66. The molecule has 0 heterocycles. The molecule has 6 heteroatoms. The summed E-state index contributed by atoms with van der Waals surface area (Å²) in [5.74, 6) is 2.14. The third-order valence-corrected chi connectivity index (χ3v) is 7.66. The van der Waals surface area contributed by atoms with Crippen LogP contribution in [0.15, 0.2) is 54.6 Å². The molecule has 0 radical (unpaired) electrons. The number of carbonyl (C=O) groups is 2. The van der Waals surface area contributed by atoms with E-state index in [0.717, 1.165) is 48.3 Å². The maximum Gasteiger partial charge on any atom is 0.335 e. The average Bonchev–Trinajstić information content (AvgIpc) is 2.78. The van der Waals surface area contributed by atoms with E-state index < -0.39 is 5.97 Å². The summed E-state index contributed by atoms with van der Waals surface area (Å²) >= 11 is 0. The lowest BCUT2D eigenvalue weighted by Crippen LogP contribution is -2.61. The number of nitrogens with one attached hydrogen (secondary N) is 2. The number of ether oxygens (including phenoxy) is 1. The van der Waals surface area contributed by atoms with Gasteiger partial charge >= 0.3 is 12.0 Å². The molecule has 2 amide bonds. The largest absolute Gasteiger partial charge is 0.486 e. The van der Waals surface area contributed by atoms with Crippen molar-refractivity contribution in [3.63, 3.8) is 0 Å². The number of carboxylic acids is 1. The van der Waals surface area contributed by atoms with Gasteiger partial charge in [0.2, 0.25) is 0 Å². The first-order valence-corrected chi connectivity index (χ1v) is 12.1. The average molecular weight is 449 g/mol. The van der Waals surface area contributed by atoms with Gasteiger partial charge in [-0.25, -0.2) is 9.59 Å². The molecule has 174 valence electrons. The summed E-state index contributed by atoms with van der Waals surface area (Å²) in [5.41, 5.74) is 1.11. The van der Waals surface area contributed by atoms with Gasteiger partial charge in [0, 0.05) is 18.5 Å². The topological polar surface area (TPSA) is 87.7 Å². The second kappa shape index (κ2) is 9.08. The van der Waals surface area contributed by atoms with E-state index in [9.17, 15) is 14.7 Å². The number of rotatable bonds is 8. The molecule has 0 aliphatic heterocycles. The van der Waals surface area contributed by atoms with Gasteiger partial charge in [-0.05, 0) is 86.1 Å². The highest BCUT2D eigenvalue weighted by Crippen LogP contribution is 2.55. The van der Waals surface area contributed by atoms with Crippen LogP contribution in [0.1, 0.15) is 67.0 Å². The SMILES string of the molecule is O=C(NCCC(Oc1ccccc1)c1ccc(C(=O)O)cc1)NC12CC3CC(CC(C3)C1)C2. The summed E-state index contributed by atoms with van der Waals surface area (Å²) in [4.78, 5) is 24.0. The zero-order valence-electron chi connectivity index (χ0n) is 18.8. The first-order valence-electron chi connectivity index (χ1n) is 12.1. The fraction of sp³-hybridized carbons (Fsp3) is 0.481. The standard InChI is InChI=1S/C27H32N2O4/c30-25(31)22-8-6-21(7-9-22)24(33-23-4-2-1-3-5-23)10-11-28-26(32)29-27-15-18-12-19(16-27)14-20(13-18)17-27/h1-9,18-20,24H,10-17H2,(H,30,31)(H2,28,29,32). The maximum absolute atomic E-state index is 12.8.